The average Bonchev–Trinajstić information content (AvgIpc) is 3.53. The van der Waals surface area contributed by atoms with Crippen molar-refractivity contribution in [2.45, 2.75) is 25.5 Å². The smallest absolute Gasteiger partial charge is 0.269 e. The van der Waals surface area contributed by atoms with Crippen molar-refractivity contribution < 1.29 is 9.13 Å². The summed E-state index contributed by atoms with van der Waals surface area (Å²) in [5, 5.41) is 10.6. The molecule has 5 nitrogen and oxygen atoms in total. The first-order valence-electron chi connectivity index (χ1n) is 10.2. The zero-order valence-corrected chi connectivity index (χ0v) is 18.6. The van der Waals surface area contributed by atoms with E-state index in [9.17, 15) is 14.4 Å². The van der Waals surface area contributed by atoms with E-state index < -0.39 is 0 Å². The summed E-state index contributed by atoms with van der Waals surface area (Å²) in [7, 11) is 0. The molecule has 0 N–H and O–H groups in total. The number of hydrogen-bond donors (Lipinski definition) is 0. The standard InChI is InChI=1S/C24H18FN3O2S2/c25-16-9-7-15(8-10-16)12-21-23(29)28(14-17-4-3-11-30-17)24(32-21)18(13-26)22-27-19-5-1-2-6-20(19)31-22/h1-2,5-10,12,17H,3-4,11,14H2. The fourth-order valence-corrected chi connectivity index (χ4v) is 5.88. The second-order valence-electron chi connectivity index (χ2n) is 7.49. The summed E-state index contributed by atoms with van der Waals surface area (Å²) in [4.78, 5) is 18.0. The van der Waals surface area contributed by atoms with E-state index >= 15 is 0 Å². The third-order valence-electron chi connectivity index (χ3n) is 5.32. The highest BCUT2D eigenvalue weighted by molar-refractivity contribution is 7.19. The summed E-state index contributed by atoms with van der Waals surface area (Å²) in [5.41, 5.74) is 1.74. The van der Waals surface area contributed by atoms with Crippen LogP contribution in [0.2, 0.25) is 0 Å². The maximum atomic E-state index is 13.3. The summed E-state index contributed by atoms with van der Waals surface area (Å²) in [6.45, 7) is 1.07. The molecule has 2 aromatic heterocycles. The van der Waals surface area contributed by atoms with E-state index in [1.807, 2.05) is 24.3 Å². The number of halogens is 1. The Labute approximate surface area is 191 Å². The molecule has 1 atom stereocenters. The molecule has 8 heteroatoms. The lowest BCUT2D eigenvalue weighted by Crippen LogP contribution is -2.35. The first-order valence-corrected chi connectivity index (χ1v) is 11.8. The minimum absolute atomic E-state index is 0.0602. The molecule has 0 saturated carbocycles. The minimum Gasteiger partial charge on any atom is -0.376 e. The summed E-state index contributed by atoms with van der Waals surface area (Å²) in [5.74, 6) is -0.333. The predicted octanol–water partition coefficient (Wildman–Crippen LogP) is 3.39. The second-order valence-corrected chi connectivity index (χ2v) is 9.55. The molecule has 1 fully saturated rings. The highest BCUT2D eigenvalue weighted by Gasteiger charge is 2.20. The molecule has 1 unspecified atom stereocenters. The maximum absolute atomic E-state index is 13.3. The lowest BCUT2D eigenvalue weighted by molar-refractivity contribution is 0.0958. The van der Waals surface area contributed by atoms with Crippen LogP contribution in [0.25, 0.3) is 21.9 Å². The van der Waals surface area contributed by atoms with Crippen LogP contribution in [0.3, 0.4) is 0 Å². The van der Waals surface area contributed by atoms with Crippen molar-refractivity contribution in [2.75, 3.05) is 6.61 Å². The van der Waals surface area contributed by atoms with E-state index in [-0.39, 0.29) is 17.5 Å². The minimum atomic E-state index is -0.333. The Balaban J connectivity index is 1.74. The van der Waals surface area contributed by atoms with Gasteiger partial charge in [-0.3, -0.25) is 9.36 Å². The Morgan fingerprint density at radius 1 is 1.25 bits per heavy atom. The highest BCUT2D eigenvalue weighted by Crippen LogP contribution is 2.25. The molecule has 0 spiro atoms. The van der Waals surface area contributed by atoms with Crippen LogP contribution in [0, 0.1) is 17.1 Å². The van der Waals surface area contributed by atoms with Gasteiger partial charge in [-0.15, -0.1) is 22.7 Å². The molecule has 0 radical (unpaired) electrons. The Hall–Kier alpha value is -3.12. The van der Waals surface area contributed by atoms with Gasteiger partial charge in [-0.05, 0) is 48.7 Å². The van der Waals surface area contributed by atoms with Crippen molar-refractivity contribution in [3.8, 4) is 6.07 Å². The third kappa shape index (κ3) is 4.02. The van der Waals surface area contributed by atoms with E-state index in [0.717, 1.165) is 28.6 Å². The number of aromatic nitrogens is 2. The predicted molar refractivity (Wildman–Crippen MR) is 125 cm³/mol. The fraction of sp³-hybridized carbons (Fsp3) is 0.208. The van der Waals surface area contributed by atoms with Gasteiger partial charge in [0.2, 0.25) is 0 Å². The zero-order valence-electron chi connectivity index (χ0n) is 17.0. The van der Waals surface area contributed by atoms with E-state index in [2.05, 4.69) is 11.1 Å². The first kappa shape index (κ1) is 20.8. The molecular formula is C24H18FN3O2S2. The van der Waals surface area contributed by atoms with Crippen LogP contribution < -0.4 is 14.8 Å². The van der Waals surface area contributed by atoms with Crippen molar-refractivity contribution >= 4 is 44.5 Å². The molecule has 3 heterocycles. The summed E-state index contributed by atoms with van der Waals surface area (Å²) in [6, 6.07) is 16.0. The van der Waals surface area contributed by atoms with Gasteiger partial charge in [0.05, 0.1) is 27.4 Å². The van der Waals surface area contributed by atoms with Gasteiger partial charge in [-0.2, -0.15) is 5.26 Å². The third-order valence-corrected chi connectivity index (χ3v) is 7.50. The molecule has 1 aliphatic rings. The molecule has 5 rings (SSSR count). The van der Waals surface area contributed by atoms with Gasteiger partial charge in [0.25, 0.3) is 5.56 Å². The Kier molecular flexibility index (Phi) is 5.70. The second kappa shape index (κ2) is 8.79. The zero-order chi connectivity index (χ0) is 22.1. The Morgan fingerprint density at radius 3 is 2.78 bits per heavy atom. The molecular weight excluding hydrogens is 445 g/mol. The van der Waals surface area contributed by atoms with Crippen LogP contribution in [0.1, 0.15) is 23.4 Å². The lowest BCUT2D eigenvalue weighted by Gasteiger charge is -2.09. The number of benzene rings is 2. The molecule has 1 aliphatic heterocycles. The number of nitriles is 1. The van der Waals surface area contributed by atoms with Gasteiger partial charge in [0.15, 0.2) is 0 Å². The van der Waals surface area contributed by atoms with Gasteiger partial charge in [0, 0.05) is 6.61 Å². The number of ether oxygens (including phenoxy) is 1. The quantitative estimate of drug-likeness (QED) is 0.465. The van der Waals surface area contributed by atoms with E-state index in [1.165, 1.54) is 34.8 Å². The van der Waals surface area contributed by atoms with Gasteiger partial charge >= 0.3 is 0 Å². The van der Waals surface area contributed by atoms with Crippen LogP contribution in [0.4, 0.5) is 4.39 Å². The van der Waals surface area contributed by atoms with Crippen molar-refractivity contribution in [3.63, 3.8) is 0 Å². The van der Waals surface area contributed by atoms with E-state index in [1.54, 1.807) is 22.8 Å². The van der Waals surface area contributed by atoms with Crippen molar-refractivity contribution in [1.82, 2.24) is 9.55 Å². The lowest BCUT2D eigenvalue weighted by atomic mass is 10.2. The SMILES string of the molecule is N#CC(c1nc2ccccc2s1)=c1sc(=Cc2ccc(F)cc2)c(=O)n1CC1CCCO1. The molecule has 0 aliphatic carbocycles. The van der Waals surface area contributed by atoms with Gasteiger partial charge in [0.1, 0.15) is 27.1 Å². The van der Waals surface area contributed by atoms with Crippen LogP contribution in [-0.4, -0.2) is 22.3 Å². The highest BCUT2D eigenvalue weighted by atomic mass is 32.1. The molecule has 160 valence electrons. The topological polar surface area (TPSA) is 67.9 Å². The number of nitrogens with zero attached hydrogens (tertiary/aromatic N) is 3. The Bertz CT molecular complexity index is 1470. The molecule has 4 aromatic rings. The molecule has 2 aromatic carbocycles. The van der Waals surface area contributed by atoms with Gasteiger partial charge in [-0.25, -0.2) is 9.37 Å². The molecule has 0 amide bonds. The number of para-hydroxylation sites is 1. The van der Waals surface area contributed by atoms with Crippen LogP contribution in [0.15, 0.2) is 53.3 Å². The van der Waals surface area contributed by atoms with Crippen LogP contribution in [0.5, 0.6) is 0 Å². The monoisotopic (exact) mass is 463 g/mol. The van der Waals surface area contributed by atoms with Crippen molar-refractivity contribution in [3.05, 3.63) is 84.5 Å². The molecule has 1 saturated heterocycles. The fourth-order valence-electron chi connectivity index (χ4n) is 3.74. The van der Waals surface area contributed by atoms with E-state index in [0.29, 0.717) is 32.9 Å². The Morgan fingerprint density at radius 2 is 2.06 bits per heavy atom. The molecule has 32 heavy (non-hydrogen) atoms. The number of thiazole rings is 2. The number of hydrogen-bond acceptors (Lipinski definition) is 6. The van der Waals surface area contributed by atoms with Crippen LogP contribution in [-0.2, 0) is 11.3 Å². The van der Waals surface area contributed by atoms with Gasteiger partial charge < -0.3 is 4.74 Å². The van der Waals surface area contributed by atoms with Crippen LogP contribution >= 0.6 is 22.7 Å². The summed E-state index contributed by atoms with van der Waals surface area (Å²) in [6.07, 6.45) is 3.51. The first-order chi connectivity index (χ1) is 15.6. The summed E-state index contributed by atoms with van der Waals surface area (Å²) < 4.78 is 22.7. The normalized spacial score (nSPS) is 17.6. The van der Waals surface area contributed by atoms with Gasteiger partial charge in [-0.1, -0.05) is 24.3 Å². The number of fused-ring (bicyclic) bond motifs is 1. The molecule has 0 bridgehead atoms. The summed E-state index contributed by atoms with van der Waals surface area (Å²) >= 11 is 2.69. The van der Waals surface area contributed by atoms with Crippen molar-refractivity contribution in [2.24, 2.45) is 0 Å². The van der Waals surface area contributed by atoms with Crippen molar-refractivity contribution in [1.29, 1.82) is 5.26 Å². The largest absolute Gasteiger partial charge is 0.376 e. The van der Waals surface area contributed by atoms with E-state index in [4.69, 9.17) is 4.74 Å². The average molecular weight is 464 g/mol. The number of rotatable bonds is 4. The maximum Gasteiger partial charge on any atom is 0.269 e.